The van der Waals surface area contributed by atoms with E-state index in [4.69, 9.17) is 4.74 Å². The molecule has 2 atom stereocenters. The maximum atomic E-state index is 12.7. The van der Waals surface area contributed by atoms with Crippen LogP contribution in [0.3, 0.4) is 0 Å². The van der Waals surface area contributed by atoms with Crippen molar-refractivity contribution in [3.63, 3.8) is 0 Å². The zero-order valence-electron chi connectivity index (χ0n) is 14.2. The highest BCUT2D eigenvalue weighted by molar-refractivity contribution is 5.97. The minimum atomic E-state index is -0.548. The van der Waals surface area contributed by atoms with E-state index in [1.165, 1.54) is 0 Å². The number of carbonyl (C=O) groups is 2. The van der Waals surface area contributed by atoms with Gasteiger partial charge in [-0.3, -0.25) is 9.59 Å². The zero-order valence-corrected chi connectivity index (χ0v) is 15.0. The van der Waals surface area contributed by atoms with Crippen molar-refractivity contribution in [2.24, 2.45) is 0 Å². The summed E-state index contributed by atoms with van der Waals surface area (Å²) in [5.74, 6) is -0.323. The maximum absolute atomic E-state index is 12.7. The molecule has 0 aromatic heterocycles. The van der Waals surface area contributed by atoms with Crippen molar-refractivity contribution in [1.82, 2.24) is 10.2 Å². The number of halogens is 1. The van der Waals surface area contributed by atoms with E-state index in [-0.39, 0.29) is 24.2 Å². The summed E-state index contributed by atoms with van der Waals surface area (Å²) >= 11 is 0. The fourth-order valence-electron chi connectivity index (χ4n) is 2.55. The molecule has 2 amide bonds. The molecule has 1 fully saturated rings. The number of rotatable bonds is 6. The quantitative estimate of drug-likeness (QED) is 0.814. The number of hydrogen-bond donors (Lipinski definition) is 2. The Bertz CT molecular complexity index is 521. The summed E-state index contributed by atoms with van der Waals surface area (Å²) < 4.78 is 5.53. The molecule has 1 aliphatic rings. The van der Waals surface area contributed by atoms with E-state index in [0.717, 1.165) is 18.7 Å². The van der Waals surface area contributed by atoms with Crippen LogP contribution < -0.4 is 10.6 Å². The van der Waals surface area contributed by atoms with E-state index in [9.17, 15) is 9.59 Å². The molecule has 2 rings (SSSR count). The van der Waals surface area contributed by atoms with Crippen LogP contribution in [-0.2, 0) is 14.3 Å². The van der Waals surface area contributed by atoms with E-state index < -0.39 is 12.1 Å². The highest BCUT2D eigenvalue weighted by Crippen LogP contribution is 2.11. The van der Waals surface area contributed by atoms with Crippen LogP contribution >= 0.6 is 12.4 Å². The Morgan fingerprint density at radius 1 is 1.38 bits per heavy atom. The van der Waals surface area contributed by atoms with E-state index in [2.05, 4.69) is 10.6 Å². The lowest BCUT2D eigenvalue weighted by Gasteiger charge is -2.33. The predicted molar refractivity (Wildman–Crippen MR) is 96.4 cm³/mol. The van der Waals surface area contributed by atoms with Crippen molar-refractivity contribution in [2.45, 2.75) is 32.4 Å². The molecule has 0 bridgehead atoms. The molecule has 134 valence electrons. The van der Waals surface area contributed by atoms with Crippen LogP contribution in [0.1, 0.15) is 20.3 Å². The van der Waals surface area contributed by atoms with Gasteiger partial charge in [0.2, 0.25) is 5.91 Å². The Hall–Kier alpha value is -1.63. The number of ether oxygens (including phenoxy) is 1. The van der Waals surface area contributed by atoms with Gasteiger partial charge in [0.25, 0.3) is 5.91 Å². The van der Waals surface area contributed by atoms with Gasteiger partial charge in [0, 0.05) is 25.3 Å². The number of benzene rings is 1. The Morgan fingerprint density at radius 2 is 2.08 bits per heavy atom. The van der Waals surface area contributed by atoms with Gasteiger partial charge in [-0.2, -0.15) is 0 Å². The molecule has 1 saturated heterocycles. The van der Waals surface area contributed by atoms with E-state index in [0.29, 0.717) is 19.7 Å². The lowest BCUT2D eigenvalue weighted by atomic mass is 10.1. The maximum Gasteiger partial charge on any atom is 0.253 e. The summed E-state index contributed by atoms with van der Waals surface area (Å²) in [6.07, 6.45) is 0.275. The number of amides is 2. The van der Waals surface area contributed by atoms with Crippen LogP contribution in [0.25, 0.3) is 0 Å². The minimum absolute atomic E-state index is 0. The fourth-order valence-corrected chi connectivity index (χ4v) is 2.55. The number of nitrogens with one attached hydrogen (secondary N) is 2. The Kier molecular flexibility index (Phi) is 8.74. The van der Waals surface area contributed by atoms with E-state index in [1.54, 1.807) is 11.8 Å². The zero-order chi connectivity index (χ0) is 16.7. The standard InChI is InChI=1S/C17H25N3O3.ClH/c1-3-10-20(17(22)15-12-18-9-11-23-15)13(2)16(21)19-14-7-5-4-6-8-14;/h4-8,13,15,18H,3,9-12H2,1-2H3,(H,19,21);1H. The molecular weight excluding hydrogens is 330 g/mol. The van der Waals surface area contributed by atoms with Gasteiger partial charge in [0.1, 0.15) is 12.1 Å². The van der Waals surface area contributed by atoms with Crippen molar-refractivity contribution in [3.05, 3.63) is 30.3 Å². The summed E-state index contributed by atoms with van der Waals surface area (Å²) in [5.41, 5.74) is 0.726. The topological polar surface area (TPSA) is 70.7 Å². The summed E-state index contributed by atoms with van der Waals surface area (Å²) in [5, 5.41) is 6.00. The first kappa shape index (κ1) is 20.4. The first-order chi connectivity index (χ1) is 11.1. The molecule has 6 nitrogen and oxygen atoms in total. The SMILES string of the molecule is CCCN(C(=O)C1CNCCO1)C(C)C(=O)Nc1ccccc1.Cl. The Morgan fingerprint density at radius 3 is 2.67 bits per heavy atom. The van der Waals surface area contributed by atoms with Crippen LogP contribution in [0, 0.1) is 0 Å². The Balaban J connectivity index is 0.00000288. The highest BCUT2D eigenvalue weighted by atomic mass is 35.5. The van der Waals surface area contributed by atoms with Crippen LogP contribution in [-0.4, -0.2) is 55.1 Å². The molecule has 1 aliphatic heterocycles. The largest absolute Gasteiger partial charge is 0.366 e. The van der Waals surface area contributed by atoms with Crippen LogP contribution in [0.15, 0.2) is 30.3 Å². The average Bonchev–Trinajstić information content (AvgIpc) is 2.60. The molecule has 0 spiro atoms. The summed E-state index contributed by atoms with van der Waals surface area (Å²) in [6, 6.07) is 8.70. The third-order valence-electron chi connectivity index (χ3n) is 3.84. The van der Waals surface area contributed by atoms with Crippen molar-refractivity contribution in [2.75, 3.05) is 31.6 Å². The third kappa shape index (κ3) is 5.47. The summed E-state index contributed by atoms with van der Waals surface area (Å²) in [7, 11) is 0. The molecule has 0 saturated carbocycles. The number of hydrogen-bond acceptors (Lipinski definition) is 4. The van der Waals surface area contributed by atoms with E-state index in [1.807, 2.05) is 37.3 Å². The smallest absolute Gasteiger partial charge is 0.253 e. The summed E-state index contributed by atoms with van der Waals surface area (Å²) in [6.45, 7) is 6.03. The average molecular weight is 356 g/mol. The highest BCUT2D eigenvalue weighted by Gasteiger charge is 2.32. The molecule has 1 heterocycles. The van der Waals surface area contributed by atoms with Gasteiger partial charge in [0.15, 0.2) is 0 Å². The number of anilines is 1. The first-order valence-electron chi connectivity index (χ1n) is 8.12. The molecule has 0 radical (unpaired) electrons. The number of para-hydroxylation sites is 1. The number of carbonyl (C=O) groups excluding carboxylic acids is 2. The molecule has 2 unspecified atom stereocenters. The van der Waals surface area contributed by atoms with E-state index >= 15 is 0 Å². The monoisotopic (exact) mass is 355 g/mol. The molecular formula is C17H26ClN3O3. The van der Waals surface area contributed by atoms with Crippen molar-refractivity contribution in [3.8, 4) is 0 Å². The molecule has 1 aromatic rings. The van der Waals surface area contributed by atoms with Crippen LogP contribution in [0.4, 0.5) is 5.69 Å². The van der Waals surface area contributed by atoms with Crippen molar-refractivity contribution < 1.29 is 14.3 Å². The van der Waals surface area contributed by atoms with Gasteiger partial charge in [-0.1, -0.05) is 25.1 Å². The van der Waals surface area contributed by atoms with Gasteiger partial charge in [0.05, 0.1) is 6.61 Å². The molecule has 7 heteroatoms. The normalized spacial score (nSPS) is 18.2. The second kappa shape index (κ2) is 10.3. The van der Waals surface area contributed by atoms with Gasteiger partial charge in [-0.05, 0) is 25.5 Å². The molecule has 24 heavy (non-hydrogen) atoms. The van der Waals surface area contributed by atoms with Crippen LogP contribution in [0.5, 0.6) is 0 Å². The fraction of sp³-hybridized carbons (Fsp3) is 0.529. The second-order valence-corrected chi connectivity index (χ2v) is 5.63. The number of nitrogens with zero attached hydrogens (tertiary/aromatic N) is 1. The first-order valence-corrected chi connectivity index (χ1v) is 8.12. The predicted octanol–water partition coefficient (Wildman–Crippen LogP) is 1.66. The van der Waals surface area contributed by atoms with Crippen molar-refractivity contribution >= 4 is 29.9 Å². The molecule has 0 aliphatic carbocycles. The second-order valence-electron chi connectivity index (χ2n) is 5.63. The molecule has 1 aromatic carbocycles. The van der Waals surface area contributed by atoms with Crippen molar-refractivity contribution in [1.29, 1.82) is 0 Å². The third-order valence-corrected chi connectivity index (χ3v) is 3.84. The van der Waals surface area contributed by atoms with Gasteiger partial charge < -0.3 is 20.3 Å². The van der Waals surface area contributed by atoms with Gasteiger partial charge in [-0.25, -0.2) is 0 Å². The lowest BCUT2D eigenvalue weighted by Crippen LogP contribution is -2.54. The minimum Gasteiger partial charge on any atom is -0.366 e. The number of morpholine rings is 1. The molecule has 2 N–H and O–H groups in total. The van der Waals surface area contributed by atoms with Gasteiger partial charge in [-0.15, -0.1) is 12.4 Å². The Labute approximate surface area is 149 Å². The van der Waals surface area contributed by atoms with Gasteiger partial charge >= 0.3 is 0 Å². The summed E-state index contributed by atoms with van der Waals surface area (Å²) in [4.78, 5) is 26.7. The van der Waals surface area contributed by atoms with Crippen LogP contribution in [0.2, 0.25) is 0 Å². The lowest BCUT2D eigenvalue weighted by molar-refractivity contribution is -0.150.